The summed E-state index contributed by atoms with van der Waals surface area (Å²) in [6, 6.07) is 2.66. The van der Waals surface area contributed by atoms with Gasteiger partial charge in [-0.1, -0.05) is 26.7 Å². The summed E-state index contributed by atoms with van der Waals surface area (Å²) in [5.41, 5.74) is 5.40. The summed E-state index contributed by atoms with van der Waals surface area (Å²) in [5, 5.41) is 0. The molecule has 0 aromatic carbocycles. The number of rotatable bonds is 8. The number of hydrogen-bond donors (Lipinski definition) is 1. The highest BCUT2D eigenvalue weighted by atomic mass is 28.3. The minimum atomic E-state index is -0.821. The van der Waals surface area contributed by atoms with Gasteiger partial charge in [-0.05, 0) is 25.1 Å². The van der Waals surface area contributed by atoms with E-state index < -0.39 is 9.04 Å². The Hall–Kier alpha value is 0.137. The smallest absolute Gasteiger partial charge is 0.176 e. The maximum atomic E-state index is 5.82. The van der Waals surface area contributed by atoms with E-state index in [0.29, 0.717) is 0 Å². The lowest BCUT2D eigenvalue weighted by molar-refractivity contribution is 0.312. The lowest BCUT2D eigenvalue weighted by atomic mass is 10.5. The van der Waals surface area contributed by atoms with Crippen LogP contribution in [0.2, 0.25) is 12.1 Å². The molecule has 2 nitrogen and oxygen atoms in total. The minimum Gasteiger partial charge on any atom is -0.420 e. The molecule has 0 rings (SSSR count). The summed E-state index contributed by atoms with van der Waals surface area (Å²) in [6.45, 7) is 6.14. The van der Waals surface area contributed by atoms with Crippen LogP contribution in [0.1, 0.15) is 33.1 Å². The molecule has 0 aliphatic carbocycles. The molecular formula is C9H23NOSi. The third kappa shape index (κ3) is 6.82. The van der Waals surface area contributed by atoms with Crippen LogP contribution in [0.3, 0.4) is 0 Å². The predicted octanol–water partition coefficient (Wildman–Crippen LogP) is 1.90. The van der Waals surface area contributed by atoms with Crippen molar-refractivity contribution in [1.29, 1.82) is 0 Å². The van der Waals surface area contributed by atoms with Gasteiger partial charge in [0.1, 0.15) is 0 Å². The summed E-state index contributed by atoms with van der Waals surface area (Å²) in [4.78, 5) is 0. The summed E-state index contributed by atoms with van der Waals surface area (Å²) < 4.78 is 5.82. The van der Waals surface area contributed by atoms with Crippen LogP contribution in [-0.4, -0.2) is 22.2 Å². The molecule has 74 valence electrons. The molecule has 3 heteroatoms. The van der Waals surface area contributed by atoms with E-state index >= 15 is 0 Å². The zero-order valence-corrected chi connectivity index (χ0v) is 9.67. The van der Waals surface area contributed by atoms with Gasteiger partial charge < -0.3 is 10.2 Å². The SMILES string of the molecule is CCC[SiH](CCC)OCCCN. The van der Waals surface area contributed by atoms with Gasteiger partial charge in [-0.15, -0.1) is 0 Å². The highest BCUT2D eigenvalue weighted by Gasteiger charge is 2.08. The van der Waals surface area contributed by atoms with E-state index in [4.69, 9.17) is 10.2 Å². The van der Waals surface area contributed by atoms with Crippen LogP contribution in [0.5, 0.6) is 0 Å². The molecule has 0 spiro atoms. The van der Waals surface area contributed by atoms with Crippen LogP contribution < -0.4 is 5.73 Å². The molecule has 0 amide bonds. The Morgan fingerprint density at radius 2 is 1.75 bits per heavy atom. The second-order valence-electron chi connectivity index (χ2n) is 3.21. The van der Waals surface area contributed by atoms with Crippen LogP contribution in [0, 0.1) is 0 Å². The Morgan fingerprint density at radius 1 is 1.17 bits per heavy atom. The molecule has 12 heavy (non-hydrogen) atoms. The molecule has 0 radical (unpaired) electrons. The van der Waals surface area contributed by atoms with E-state index in [1.165, 1.54) is 24.9 Å². The molecule has 0 heterocycles. The summed E-state index contributed by atoms with van der Waals surface area (Å²) in [7, 11) is -0.821. The van der Waals surface area contributed by atoms with Crippen molar-refractivity contribution in [3.63, 3.8) is 0 Å². The summed E-state index contributed by atoms with van der Waals surface area (Å²) in [6.07, 6.45) is 3.58. The maximum absolute atomic E-state index is 5.82. The van der Waals surface area contributed by atoms with Gasteiger partial charge in [0.25, 0.3) is 0 Å². The third-order valence-corrected chi connectivity index (χ3v) is 5.07. The summed E-state index contributed by atoms with van der Waals surface area (Å²) in [5.74, 6) is 0. The average Bonchev–Trinajstić information content (AvgIpc) is 2.06. The highest BCUT2D eigenvalue weighted by Crippen LogP contribution is 2.07. The Balaban J connectivity index is 3.34. The second-order valence-corrected chi connectivity index (χ2v) is 5.94. The van der Waals surface area contributed by atoms with Gasteiger partial charge in [-0.3, -0.25) is 0 Å². The lowest BCUT2D eigenvalue weighted by Gasteiger charge is -2.13. The van der Waals surface area contributed by atoms with Gasteiger partial charge in [-0.25, -0.2) is 0 Å². The van der Waals surface area contributed by atoms with E-state index in [-0.39, 0.29) is 0 Å². The maximum Gasteiger partial charge on any atom is 0.176 e. The zero-order chi connectivity index (χ0) is 9.23. The predicted molar refractivity (Wildman–Crippen MR) is 57.0 cm³/mol. The quantitative estimate of drug-likeness (QED) is 0.467. The largest absolute Gasteiger partial charge is 0.420 e. The van der Waals surface area contributed by atoms with Crippen molar-refractivity contribution in [2.75, 3.05) is 13.2 Å². The highest BCUT2D eigenvalue weighted by molar-refractivity contribution is 6.51. The Labute approximate surface area is 78.2 Å². The Morgan fingerprint density at radius 3 is 2.17 bits per heavy atom. The minimum absolute atomic E-state index is 0.763. The molecule has 0 bridgehead atoms. The van der Waals surface area contributed by atoms with Crippen molar-refractivity contribution in [3.8, 4) is 0 Å². The number of hydrogen-bond acceptors (Lipinski definition) is 2. The van der Waals surface area contributed by atoms with Gasteiger partial charge in [-0.2, -0.15) is 0 Å². The molecule has 2 N–H and O–H groups in total. The first-order chi connectivity index (χ1) is 5.85. The molecule has 0 aromatic rings. The van der Waals surface area contributed by atoms with E-state index in [2.05, 4.69) is 13.8 Å². The molecule has 0 aliphatic rings. The summed E-state index contributed by atoms with van der Waals surface area (Å²) >= 11 is 0. The first-order valence-electron chi connectivity index (χ1n) is 5.16. The Bertz CT molecular complexity index is 84.6. The van der Waals surface area contributed by atoms with Crippen molar-refractivity contribution in [1.82, 2.24) is 0 Å². The third-order valence-electron chi connectivity index (χ3n) is 1.92. The van der Waals surface area contributed by atoms with Gasteiger partial charge in [0.05, 0.1) is 0 Å². The molecule has 0 saturated carbocycles. The Kier molecular flexibility index (Phi) is 9.33. The van der Waals surface area contributed by atoms with Gasteiger partial charge >= 0.3 is 0 Å². The fourth-order valence-corrected chi connectivity index (χ4v) is 3.70. The monoisotopic (exact) mass is 189 g/mol. The van der Waals surface area contributed by atoms with Crippen LogP contribution in [0.25, 0.3) is 0 Å². The van der Waals surface area contributed by atoms with Gasteiger partial charge in [0.15, 0.2) is 9.04 Å². The molecule has 0 saturated heterocycles. The molecule has 0 atom stereocenters. The molecule has 0 fully saturated rings. The van der Waals surface area contributed by atoms with Gasteiger partial charge in [0.2, 0.25) is 0 Å². The van der Waals surface area contributed by atoms with Crippen molar-refractivity contribution in [2.24, 2.45) is 5.73 Å². The van der Waals surface area contributed by atoms with Crippen LogP contribution in [-0.2, 0) is 4.43 Å². The van der Waals surface area contributed by atoms with E-state index in [1.807, 2.05) is 0 Å². The average molecular weight is 189 g/mol. The first kappa shape index (κ1) is 12.1. The molecule has 0 unspecified atom stereocenters. The van der Waals surface area contributed by atoms with Crippen LogP contribution in [0.15, 0.2) is 0 Å². The zero-order valence-electron chi connectivity index (χ0n) is 8.51. The topological polar surface area (TPSA) is 35.2 Å². The van der Waals surface area contributed by atoms with Crippen molar-refractivity contribution in [3.05, 3.63) is 0 Å². The molecular weight excluding hydrogens is 166 g/mol. The van der Waals surface area contributed by atoms with Crippen molar-refractivity contribution in [2.45, 2.75) is 45.2 Å². The fraction of sp³-hybridized carbons (Fsp3) is 1.00. The van der Waals surface area contributed by atoms with E-state index in [0.717, 1.165) is 19.6 Å². The normalized spacial score (nSPS) is 11.0. The second kappa shape index (κ2) is 9.23. The molecule has 0 aromatic heterocycles. The lowest BCUT2D eigenvalue weighted by Crippen LogP contribution is -2.19. The van der Waals surface area contributed by atoms with Crippen LogP contribution >= 0.6 is 0 Å². The molecule has 0 aliphatic heterocycles. The van der Waals surface area contributed by atoms with Gasteiger partial charge in [0, 0.05) is 6.61 Å². The first-order valence-corrected chi connectivity index (χ1v) is 7.27. The van der Waals surface area contributed by atoms with E-state index in [1.54, 1.807) is 0 Å². The number of nitrogens with two attached hydrogens (primary N) is 1. The standard InChI is InChI=1S/C9H23NOSi/c1-3-8-12(9-4-2)11-7-5-6-10/h12H,3-10H2,1-2H3. The fourth-order valence-electron chi connectivity index (χ4n) is 1.29. The van der Waals surface area contributed by atoms with Crippen molar-refractivity contribution >= 4 is 9.04 Å². The van der Waals surface area contributed by atoms with Crippen LogP contribution in [0.4, 0.5) is 0 Å². The van der Waals surface area contributed by atoms with Crippen molar-refractivity contribution < 1.29 is 4.43 Å². The van der Waals surface area contributed by atoms with E-state index in [9.17, 15) is 0 Å².